The minimum absolute atomic E-state index is 0.0189. The lowest BCUT2D eigenvalue weighted by Crippen LogP contribution is -2.43. The Balaban J connectivity index is 1.53. The van der Waals surface area contributed by atoms with Gasteiger partial charge in [-0.05, 0) is 11.6 Å². The number of anilines is 1. The third kappa shape index (κ3) is 5.12. The number of hydrogen-bond donors (Lipinski definition) is 1. The van der Waals surface area contributed by atoms with E-state index in [0.29, 0.717) is 49.9 Å². The van der Waals surface area contributed by atoms with Gasteiger partial charge in [0, 0.05) is 44.4 Å². The van der Waals surface area contributed by atoms with Crippen LogP contribution >= 0.6 is 11.6 Å². The van der Waals surface area contributed by atoms with Crippen LogP contribution in [0.3, 0.4) is 0 Å². The Labute approximate surface area is 184 Å². The van der Waals surface area contributed by atoms with Gasteiger partial charge in [0.15, 0.2) is 6.61 Å². The molecule has 0 atom stereocenters. The fourth-order valence-corrected chi connectivity index (χ4v) is 3.67. The van der Waals surface area contributed by atoms with Crippen molar-refractivity contribution in [1.29, 1.82) is 0 Å². The first-order chi connectivity index (χ1) is 15.0. The van der Waals surface area contributed by atoms with Crippen molar-refractivity contribution in [3.05, 3.63) is 52.8 Å². The van der Waals surface area contributed by atoms with Gasteiger partial charge in [0.25, 0.3) is 5.91 Å². The van der Waals surface area contributed by atoms with E-state index in [0.717, 1.165) is 11.1 Å². The van der Waals surface area contributed by atoms with Gasteiger partial charge >= 0.3 is 0 Å². The Bertz CT molecular complexity index is 1060. The predicted molar refractivity (Wildman–Crippen MR) is 116 cm³/mol. The van der Waals surface area contributed by atoms with E-state index in [1.54, 1.807) is 15.6 Å². The minimum Gasteiger partial charge on any atom is -0.483 e. The number of nitrogen functional groups attached to an aromatic ring is 1. The van der Waals surface area contributed by atoms with Crippen LogP contribution in [0.5, 0.6) is 5.75 Å². The zero-order valence-electron chi connectivity index (χ0n) is 17.1. The Morgan fingerprint density at radius 3 is 2.77 bits per heavy atom. The highest BCUT2D eigenvalue weighted by atomic mass is 35.5. The average Bonchev–Trinajstić information content (AvgIpc) is 3.13. The zero-order valence-corrected chi connectivity index (χ0v) is 17.9. The van der Waals surface area contributed by atoms with E-state index >= 15 is 0 Å². The Morgan fingerprint density at radius 1 is 1.23 bits per heavy atom. The van der Waals surface area contributed by atoms with E-state index in [9.17, 15) is 4.79 Å². The van der Waals surface area contributed by atoms with E-state index in [-0.39, 0.29) is 23.6 Å². The van der Waals surface area contributed by atoms with Gasteiger partial charge in [-0.15, -0.1) is 0 Å². The van der Waals surface area contributed by atoms with E-state index in [2.05, 4.69) is 15.1 Å². The van der Waals surface area contributed by atoms with Crippen LogP contribution in [0.2, 0.25) is 5.15 Å². The number of nitrogens with two attached hydrogens (primary N) is 1. The number of aryl methyl sites for hydroxylation is 1. The molecule has 10 heteroatoms. The molecule has 0 spiro atoms. The number of halogens is 1. The molecule has 0 radical (unpaired) electrons. The number of hydrogen-bond acceptors (Lipinski definition) is 7. The number of nitrogens with zero attached hydrogens (tertiary/aromatic N) is 5. The van der Waals surface area contributed by atoms with Gasteiger partial charge in [-0.25, -0.2) is 9.97 Å². The minimum atomic E-state index is -0.0497. The summed E-state index contributed by atoms with van der Waals surface area (Å²) >= 11 is 6.05. The number of carbonyl (C=O) groups excluding carboxylic acids is 1. The number of carbonyl (C=O) groups is 1. The summed E-state index contributed by atoms with van der Waals surface area (Å²) in [5, 5.41) is 4.78. The summed E-state index contributed by atoms with van der Waals surface area (Å²) in [5.74, 6) is 0.690. The summed E-state index contributed by atoms with van der Waals surface area (Å²) in [7, 11) is 1.84. The molecule has 2 N–H and O–H groups in total. The lowest BCUT2D eigenvalue weighted by molar-refractivity contribution is -0.137. The van der Waals surface area contributed by atoms with Gasteiger partial charge < -0.3 is 20.1 Å². The van der Waals surface area contributed by atoms with E-state index < -0.39 is 0 Å². The van der Waals surface area contributed by atoms with Crippen molar-refractivity contribution >= 4 is 23.5 Å². The topological polar surface area (TPSA) is 108 Å². The van der Waals surface area contributed by atoms with Crippen LogP contribution in [-0.4, -0.2) is 63.5 Å². The summed E-state index contributed by atoms with van der Waals surface area (Å²) in [6.45, 7) is 2.28. The fourth-order valence-electron chi connectivity index (χ4n) is 3.48. The molecule has 1 aromatic carbocycles. The molecule has 31 heavy (non-hydrogen) atoms. The van der Waals surface area contributed by atoms with E-state index in [4.69, 9.17) is 26.8 Å². The maximum absolute atomic E-state index is 12.4. The zero-order chi connectivity index (χ0) is 21.8. The molecule has 1 aliphatic heterocycles. The first-order valence-electron chi connectivity index (χ1n) is 9.89. The second-order valence-electron chi connectivity index (χ2n) is 7.18. The molecule has 0 unspecified atom stereocenters. The molecular formula is C21H23ClN6O3. The molecule has 9 nitrogen and oxygen atoms in total. The van der Waals surface area contributed by atoms with E-state index in [1.165, 1.54) is 0 Å². The number of ether oxygens (including phenoxy) is 2. The first-order valence-corrected chi connectivity index (χ1v) is 10.3. The van der Waals surface area contributed by atoms with Crippen LogP contribution in [0.15, 0.2) is 36.5 Å². The highest BCUT2D eigenvalue weighted by Gasteiger charge is 2.19. The Kier molecular flexibility index (Phi) is 6.34. The van der Waals surface area contributed by atoms with Crippen molar-refractivity contribution in [1.82, 2.24) is 24.6 Å². The molecule has 3 aromatic rings. The largest absolute Gasteiger partial charge is 0.483 e. The quantitative estimate of drug-likeness (QED) is 0.581. The van der Waals surface area contributed by atoms with Crippen LogP contribution in [0.25, 0.3) is 11.4 Å². The SMILES string of the molecule is Cn1cc(Cc2ccccc2OCC(=O)N2CCOCC2)c(-c2cc(Cl)nc(N)n2)n1. The van der Waals surface area contributed by atoms with Crippen molar-refractivity contribution in [2.75, 3.05) is 38.6 Å². The number of aromatic nitrogens is 4. The number of para-hydroxylation sites is 1. The van der Waals surface area contributed by atoms with Crippen molar-refractivity contribution in [2.45, 2.75) is 6.42 Å². The molecule has 1 aliphatic rings. The molecule has 4 rings (SSSR count). The Morgan fingerprint density at radius 2 is 2.00 bits per heavy atom. The normalized spacial score (nSPS) is 13.9. The molecule has 0 saturated carbocycles. The monoisotopic (exact) mass is 442 g/mol. The number of benzene rings is 1. The average molecular weight is 443 g/mol. The van der Waals surface area contributed by atoms with Crippen molar-refractivity contribution in [3.8, 4) is 17.1 Å². The second-order valence-corrected chi connectivity index (χ2v) is 7.56. The maximum atomic E-state index is 12.4. The maximum Gasteiger partial charge on any atom is 0.260 e. The fraction of sp³-hybridized carbons (Fsp3) is 0.333. The lowest BCUT2D eigenvalue weighted by Gasteiger charge is -2.26. The van der Waals surface area contributed by atoms with Gasteiger partial charge in [-0.3, -0.25) is 9.48 Å². The molecular weight excluding hydrogens is 420 g/mol. The van der Waals surface area contributed by atoms with Gasteiger partial charge in [0.05, 0.1) is 18.9 Å². The van der Waals surface area contributed by atoms with Crippen molar-refractivity contribution in [2.24, 2.45) is 7.05 Å². The van der Waals surface area contributed by atoms with Gasteiger partial charge in [0.2, 0.25) is 5.95 Å². The standard InChI is InChI=1S/C21H23ClN6O3/c1-27-12-15(20(26-27)16-11-18(22)25-21(23)24-16)10-14-4-2-3-5-17(14)31-13-19(29)28-6-8-30-9-7-28/h2-5,11-12H,6-10,13H2,1H3,(H2,23,24,25). The molecule has 2 aromatic heterocycles. The molecule has 1 fully saturated rings. The predicted octanol–water partition coefficient (Wildman–Crippen LogP) is 1.94. The molecule has 0 bridgehead atoms. The summed E-state index contributed by atoms with van der Waals surface area (Å²) < 4.78 is 12.9. The molecule has 1 amide bonds. The van der Waals surface area contributed by atoms with Gasteiger partial charge in [0.1, 0.15) is 16.6 Å². The highest BCUT2D eigenvalue weighted by Crippen LogP contribution is 2.28. The van der Waals surface area contributed by atoms with Crippen LogP contribution in [0.1, 0.15) is 11.1 Å². The first kappa shape index (κ1) is 21.1. The number of morpholine rings is 1. The van der Waals surface area contributed by atoms with Crippen LogP contribution in [-0.2, 0) is 23.0 Å². The third-order valence-corrected chi connectivity index (χ3v) is 5.12. The number of amides is 1. The van der Waals surface area contributed by atoms with Crippen molar-refractivity contribution in [3.63, 3.8) is 0 Å². The molecule has 3 heterocycles. The molecule has 1 saturated heterocycles. The van der Waals surface area contributed by atoms with Crippen molar-refractivity contribution < 1.29 is 14.3 Å². The second kappa shape index (κ2) is 9.32. The van der Waals surface area contributed by atoms with E-state index in [1.807, 2.05) is 37.5 Å². The summed E-state index contributed by atoms with van der Waals surface area (Å²) in [6.07, 6.45) is 2.45. The highest BCUT2D eigenvalue weighted by molar-refractivity contribution is 6.29. The Hall–Kier alpha value is -3.17. The van der Waals surface area contributed by atoms with Crippen LogP contribution in [0, 0.1) is 0 Å². The molecule has 162 valence electrons. The van der Waals surface area contributed by atoms with Gasteiger partial charge in [-0.1, -0.05) is 29.8 Å². The molecule has 0 aliphatic carbocycles. The number of rotatable bonds is 6. The summed E-state index contributed by atoms with van der Waals surface area (Å²) in [4.78, 5) is 22.4. The lowest BCUT2D eigenvalue weighted by atomic mass is 10.0. The smallest absolute Gasteiger partial charge is 0.260 e. The van der Waals surface area contributed by atoms with Crippen LogP contribution in [0.4, 0.5) is 5.95 Å². The summed E-state index contributed by atoms with van der Waals surface area (Å²) in [6, 6.07) is 9.27. The van der Waals surface area contributed by atoms with Gasteiger partial charge in [-0.2, -0.15) is 5.10 Å². The van der Waals surface area contributed by atoms with Crippen LogP contribution < -0.4 is 10.5 Å². The summed E-state index contributed by atoms with van der Waals surface area (Å²) in [5.41, 5.74) is 8.82. The third-order valence-electron chi connectivity index (χ3n) is 4.93.